The van der Waals surface area contributed by atoms with Gasteiger partial charge in [0.05, 0.1) is 0 Å². The van der Waals surface area contributed by atoms with Crippen LogP contribution in [0.4, 0.5) is 17.1 Å². The van der Waals surface area contributed by atoms with E-state index < -0.39 is 0 Å². The molecule has 2 nitrogen and oxygen atoms in total. The number of benzene rings is 6. The zero-order valence-electron chi connectivity index (χ0n) is 22.8. The fourth-order valence-electron chi connectivity index (χ4n) is 6.15. The van der Waals surface area contributed by atoms with Crippen molar-refractivity contribution in [3.63, 3.8) is 0 Å². The molecule has 0 saturated carbocycles. The van der Waals surface area contributed by atoms with Gasteiger partial charge in [0.2, 0.25) is 0 Å². The molecule has 0 aliphatic rings. The predicted octanol–water partition coefficient (Wildman–Crippen LogP) is 13.0. The highest BCUT2D eigenvalue weighted by molar-refractivity contribution is 7.26. The minimum atomic E-state index is 0.715. The lowest BCUT2D eigenvalue weighted by atomic mass is 10.0. The Morgan fingerprint density at radius 1 is 0.488 bits per heavy atom. The van der Waals surface area contributed by atoms with E-state index in [9.17, 15) is 0 Å². The molecular weight excluding hydrogens is 586 g/mol. The summed E-state index contributed by atoms with van der Waals surface area (Å²) in [7, 11) is 0. The van der Waals surface area contributed by atoms with Gasteiger partial charge < -0.3 is 9.32 Å². The molecule has 6 aromatic carbocycles. The molecule has 5 heteroatoms. The molecule has 3 aromatic heterocycles. The fourth-order valence-corrected chi connectivity index (χ4v) is 8.52. The summed E-state index contributed by atoms with van der Waals surface area (Å²) in [4.78, 5) is 3.28. The quantitative estimate of drug-likeness (QED) is 0.198. The summed E-state index contributed by atoms with van der Waals surface area (Å²) in [5, 5.41) is 6.67. The lowest BCUT2D eigenvalue weighted by Gasteiger charge is -2.26. The molecule has 204 valence electrons. The second-order valence-corrected chi connectivity index (χ2v) is 13.2. The molecule has 9 rings (SSSR count). The summed E-state index contributed by atoms with van der Waals surface area (Å²) in [6, 6.07) is 47.5. The topological polar surface area (TPSA) is 16.4 Å². The summed E-state index contributed by atoms with van der Waals surface area (Å²) >= 11 is 9.90. The van der Waals surface area contributed by atoms with Gasteiger partial charge in [-0.15, -0.1) is 11.3 Å². The normalized spacial score (nSPS) is 11.8. The second-order valence-electron chi connectivity index (χ2n) is 10.7. The summed E-state index contributed by atoms with van der Waals surface area (Å²) in [6.07, 6.45) is 0. The van der Waals surface area contributed by atoms with Gasteiger partial charge in [0, 0.05) is 63.1 Å². The molecule has 0 spiro atoms. The smallest absolute Gasteiger partial charge is 0.190 e. The van der Waals surface area contributed by atoms with Crippen LogP contribution in [0.25, 0.3) is 62.6 Å². The monoisotopic (exact) mass is 607 g/mol. The van der Waals surface area contributed by atoms with Gasteiger partial charge in [-0.3, -0.25) is 0 Å². The summed E-state index contributed by atoms with van der Waals surface area (Å²) in [5.41, 5.74) is 6.61. The zero-order chi connectivity index (χ0) is 28.5. The van der Waals surface area contributed by atoms with E-state index in [1.165, 1.54) is 41.4 Å². The van der Waals surface area contributed by atoms with Gasteiger partial charge in [-0.25, -0.2) is 0 Å². The Morgan fingerprint density at radius 3 is 2.09 bits per heavy atom. The number of halogens is 1. The van der Waals surface area contributed by atoms with Crippen molar-refractivity contribution in [2.24, 2.45) is 0 Å². The van der Waals surface area contributed by atoms with Gasteiger partial charge >= 0.3 is 0 Å². The minimum absolute atomic E-state index is 0.715. The number of nitrogens with zero attached hydrogens (tertiary/aromatic N) is 1. The van der Waals surface area contributed by atoms with Crippen LogP contribution in [0, 0.1) is 0 Å². The Bertz CT molecular complexity index is 2470. The summed E-state index contributed by atoms with van der Waals surface area (Å²) in [6.45, 7) is 0. The molecule has 9 aromatic rings. The van der Waals surface area contributed by atoms with Crippen molar-refractivity contribution in [2.75, 3.05) is 4.90 Å². The molecule has 3 heterocycles. The largest absolute Gasteiger partial charge is 0.445 e. The van der Waals surface area contributed by atoms with Gasteiger partial charge in [0.25, 0.3) is 0 Å². The third-order valence-electron chi connectivity index (χ3n) is 8.16. The molecule has 0 atom stereocenters. The van der Waals surface area contributed by atoms with Gasteiger partial charge in [-0.05, 0) is 77.9 Å². The number of furan rings is 1. The highest BCUT2D eigenvalue weighted by atomic mass is 35.5. The second kappa shape index (κ2) is 9.72. The van der Waals surface area contributed by atoms with Crippen molar-refractivity contribution in [1.29, 1.82) is 0 Å². The SMILES string of the molecule is Clc1ccc2oc3sc4cc(N(c5ccc(-c6ccccc6)cc5)c5ccc6sc7ccccc7c6c5)ccc4c3c2c1. The molecule has 0 fully saturated rings. The maximum absolute atomic E-state index is 6.37. The van der Waals surface area contributed by atoms with Gasteiger partial charge in [0.1, 0.15) is 5.58 Å². The Balaban J connectivity index is 1.23. The Kier molecular flexibility index (Phi) is 5.63. The van der Waals surface area contributed by atoms with Crippen LogP contribution in [0.5, 0.6) is 0 Å². The number of thiophene rings is 2. The number of hydrogen-bond donors (Lipinski definition) is 0. The Morgan fingerprint density at radius 2 is 1.21 bits per heavy atom. The van der Waals surface area contributed by atoms with Crippen molar-refractivity contribution >= 4 is 103 Å². The van der Waals surface area contributed by atoms with Crippen LogP contribution in [0.1, 0.15) is 0 Å². The van der Waals surface area contributed by atoms with Crippen LogP contribution in [0.3, 0.4) is 0 Å². The van der Waals surface area contributed by atoms with E-state index in [0.29, 0.717) is 5.02 Å². The molecule has 0 saturated heterocycles. The van der Waals surface area contributed by atoms with E-state index >= 15 is 0 Å². The lowest BCUT2D eigenvalue weighted by molar-refractivity contribution is 0.678. The molecule has 0 radical (unpaired) electrons. The molecule has 0 aliphatic carbocycles. The highest BCUT2D eigenvalue weighted by Crippen LogP contribution is 2.45. The fraction of sp³-hybridized carbons (Fsp3) is 0. The van der Waals surface area contributed by atoms with Crippen molar-refractivity contribution in [3.8, 4) is 11.1 Å². The van der Waals surface area contributed by atoms with Crippen molar-refractivity contribution in [1.82, 2.24) is 0 Å². The van der Waals surface area contributed by atoms with Crippen molar-refractivity contribution < 1.29 is 4.42 Å². The maximum atomic E-state index is 6.37. The van der Waals surface area contributed by atoms with Gasteiger partial charge in [0.15, 0.2) is 4.90 Å². The molecular formula is C38H22ClNOS2. The van der Waals surface area contributed by atoms with Crippen LogP contribution in [-0.4, -0.2) is 0 Å². The van der Waals surface area contributed by atoms with Gasteiger partial charge in [-0.2, -0.15) is 0 Å². The molecule has 0 N–H and O–H groups in total. The first-order valence-electron chi connectivity index (χ1n) is 14.1. The first-order chi connectivity index (χ1) is 21.2. The van der Waals surface area contributed by atoms with Crippen LogP contribution >= 0.6 is 34.3 Å². The number of anilines is 3. The van der Waals surface area contributed by atoms with E-state index in [0.717, 1.165) is 38.3 Å². The average molecular weight is 608 g/mol. The van der Waals surface area contributed by atoms with Crippen molar-refractivity contribution in [2.45, 2.75) is 0 Å². The van der Waals surface area contributed by atoms with E-state index in [1.807, 2.05) is 29.5 Å². The van der Waals surface area contributed by atoms with Crippen LogP contribution in [0.2, 0.25) is 5.02 Å². The first-order valence-corrected chi connectivity index (χ1v) is 16.1. The predicted molar refractivity (Wildman–Crippen MR) is 187 cm³/mol. The van der Waals surface area contributed by atoms with Crippen LogP contribution < -0.4 is 4.90 Å². The molecule has 43 heavy (non-hydrogen) atoms. The van der Waals surface area contributed by atoms with E-state index in [1.54, 1.807) is 11.3 Å². The van der Waals surface area contributed by atoms with E-state index in [2.05, 4.69) is 120 Å². The van der Waals surface area contributed by atoms with Crippen molar-refractivity contribution in [3.05, 3.63) is 138 Å². The standard InChI is InChI=1S/C38H22ClNOS2/c39-25-12-18-33-32(20-25)37-30-17-15-28(22-36(30)43-38(37)41-33)40(26-13-10-24(11-14-26)23-6-2-1-3-7-23)27-16-19-35-31(21-27)29-8-4-5-9-34(29)42-35/h1-22H. The van der Waals surface area contributed by atoms with E-state index in [4.69, 9.17) is 16.0 Å². The molecule has 0 amide bonds. The van der Waals surface area contributed by atoms with E-state index in [-0.39, 0.29) is 0 Å². The first kappa shape index (κ1) is 24.9. The molecule has 0 aliphatic heterocycles. The highest BCUT2D eigenvalue weighted by Gasteiger charge is 2.19. The molecule has 0 unspecified atom stereocenters. The Hall–Kier alpha value is -4.61. The Labute approximate surface area is 260 Å². The lowest BCUT2D eigenvalue weighted by Crippen LogP contribution is -2.09. The van der Waals surface area contributed by atoms with Crippen LogP contribution in [0.15, 0.2) is 138 Å². The molecule has 0 bridgehead atoms. The zero-order valence-corrected chi connectivity index (χ0v) is 25.1. The van der Waals surface area contributed by atoms with Crippen LogP contribution in [-0.2, 0) is 0 Å². The van der Waals surface area contributed by atoms with Gasteiger partial charge in [-0.1, -0.05) is 89.7 Å². The maximum Gasteiger partial charge on any atom is 0.190 e. The number of rotatable bonds is 4. The average Bonchev–Trinajstić information content (AvgIpc) is 3.71. The third kappa shape index (κ3) is 4.06. The number of hydrogen-bond acceptors (Lipinski definition) is 4. The summed E-state index contributed by atoms with van der Waals surface area (Å²) < 4.78 is 10.0. The number of fused-ring (bicyclic) bond motifs is 8. The third-order valence-corrected chi connectivity index (χ3v) is 10.6. The summed E-state index contributed by atoms with van der Waals surface area (Å²) in [5.74, 6) is 0. The minimum Gasteiger partial charge on any atom is -0.445 e.